The molecule has 0 bridgehead atoms. The maximum absolute atomic E-state index is 11.5. The summed E-state index contributed by atoms with van der Waals surface area (Å²) in [5.41, 5.74) is -0.506. The number of amides is 2. The second-order valence-electron chi connectivity index (χ2n) is 5.11. The molecule has 0 spiro atoms. The number of ether oxygens (including phenoxy) is 1. The topological polar surface area (TPSA) is 58.6 Å². The first-order valence-corrected chi connectivity index (χ1v) is 6.18. The van der Waals surface area contributed by atoms with Gasteiger partial charge in [0, 0.05) is 13.1 Å². The van der Waals surface area contributed by atoms with Crippen molar-refractivity contribution in [1.82, 2.24) is 10.2 Å². The van der Waals surface area contributed by atoms with Gasteiger partial charge in [-0.2, -0.15) is 0 Å². The van der Waals surface area contributed by atoms with Gasteiger partial charge in [-0.05, 0) is 27.2 Å². The fourth-order valence-corrected chi connectivity index (χ4v) is 1.83. The molecular formula is C11H19ClN2O3. The number of hydrogen-bond donors (Lipinski definition) is 1. The van der Waals surface area contributed by atoms with Crippen LogP contribution in [-0.4, -0.2) is 47.5 Å². The summed E-state index contributed by atoms with van der Waals surface area (Å²) in [5, 5.41) is 2.75. The van der Waals surface area contributed by atoms with Crippen LogP contribution in [0.15, 0.2) is 0 Å². The van der Waals surface area contributed by atoms with E-state index in [9.17, 15) is 9.59 Å². The van der Waals surface area contributed by atoms with E-state index in [1.54, 1.807) is 4.90 Å². The molecule has 1 N–H and O–H groups in total. The normalized spacial score (nSPS) is 20.2. The van der Waals surface area contributed by atoms with Crippen LogP contribution in [0.1, 0.15) is 27.2 Å². The van der Waals surface area contributed by atoms with Crippen LogP contribution in [0.25, 0.3) is 0 Å². The third kappa shape index (κ3) is 4.81. The summed E-state index contributed by atoms with van der Waals surface area (Å²) in [6.45, 7) is 6.57. The number of hydrogen-bond acceptors (Lipinski definition) is 3. The van der Waals surface area contributed by atoms with Gasteiger partial charge >= 0.3 is 6.09 Å². The molecule has 5 nitrogen and oxygen atoms in total. The summed E-state index contributed by atoms with van der Waals surface area (Å²) in [5.74, 6) is -0.112. The third-order valence-corrected chi connectivity index (χ3v) is 2.60. The van der Waals surface area contributed by atoms with Crippen molar-refractivity contribution >= 4 is 23.6 Å². The largest absolute Gasteiger partial charge is 0.444 e. The Morgan fingerprint density at radius 2 is 2.12 bits per heavy atom. The average Bonchev–Trinajstić information content (AvgIpc) is 2.62. The number of nitrogens with zero attached hydrogens (tertiary/aromatic N) is 1. The number of halogens is 1. The molecule has 0 aromatic carbocycles. The summed E-state index contributed by atoms with van der Waals surface area (Å²) < 4.78 is 5.14. The lowest BCUT2D eigenvalue weighted by molar-refractivity contribution is -0.127. The summed E-state index contributed by atoms with van der Waals surface area (Å²) in [6, 6.07) is -0.0444. The van der Waals surface area contributed by atoms with Crippen molar-refractivity contribution in [3.8, 4) is 0 Å². The van der Waals surface area contributed by atoms with E-state index in [1.165, 1.54) is 0 Å². The van der Waals surface area contributed by atoms with Crippen LogP contribution in [0.2, 0.25) is 0 Å². The molecule has 1 heterocycles. The number of alkyl carbamates (subject to hydrolysis) is 1. The van der Waals surface area contributed by atoms with Gasteiger partial charge in [-0.15, -0.1) is 11.6 Å². The maximum atomic E-state index is 11.5. The number of alkyl halides is 1. The van der Waals surface area contributed by atoms with Crippen molar-refractivity contribution in [3.05, 3.63) is 0 Å². The highest BCUT2D eigenvalue weighted by atomic mass is 35.5. The van der Waals surface area contributed by atoms with Crippen molar-refractivity contribution in [1.29, 1.82) is 0 Å². The quantitative estimate of drug-likeness (QED) is 0.765. The van der Waals surface area contributed by atoms with Crippen molar-refractivity contribution in [2.75, 3.05) is 19.0 Å². The van der Waals surface area contributed by atoms with Gasteiger partial charge in [-0.3, -0.25) is 4.79 Å². The molecule has 1 atom stereocenters. The van der Waals surface area contributed by atoms with Crippen LogP contribution in [-0.2, 0) is 9.53 Å². The van der Waals surface area contributed by atoms with Gasteiger partial charge in [-0.25, -0.2) is 4.79 Å². The smallest absolute Gasteiger partial charge is 0.407 e. The molecular weight excluding hydrogens is 244 g/mol. The van der Waals surface area contributed by atoms with Crippen molar-refractivity contribution in [2.45, 2.75) is 38.8 Å². The lowest BCUT2D eigenvalue weighted by Gasteiger charge is -2.21. The molecule has 0 aromatic heterocycles. The van der Waals surface area contributed by atoms with E-state index in [2.05, 4.69) is 5.32 Å². The highest BCUT2D eigenvalue weighted by Gasteiger charge is 2.28. The molecule has 0 radical (unpaired) electrons. The molecule has 0 saturated carbocycles. The first-order chi connectivity index (χ1) is 7.81. The standard InChI is InChI=1S/C11H19ClN2O3/c1-11(2,3)17-10(16)13-8-4-5-14(7-8)9(15)6-12/h8H,4-7H2,1-3H3,(H,13,16)/t8-/m0/s1. The Morgan fingerprint density at radius 1 is 1.47 bits per heavy atom. The first kappa shape index (κ1) is 14.1. The molecule has 6 heteroatoms. The Balaban J connectivity index is 2.35. The van der Waals surface area contributed by atoms with E-state index in [1.807, 2.05) is 20.8 Å². The van der Waals surface area contributed by atoms with Crippen LogP contribution in [0, 0.1) is 0 Å². The Kier molecular flexibility index (Phi) is 4.62. The second kappa shape index (κ2) is 5.58. The number of rotatable bonds is 2. The van der Waals surface area contributed by atoms with E-state index in [4.69, 9.17) is 16.3 Å². The molecule has 1 rings (SSSR count). The first-order valence-electron chi connectivity index (χ1n) is 5.65. The van der Waals surface area contributed by atoms with E-state index in [0.717, 1.165) is 6.42 Å². The van der Waals surface area contributed by atoms with Gasteiger partial charge in [0.1, 0.15) is 11.5 Å². The van der Waals surface area contributed by atoms with E-state index < -0.39 is 11.7 Å². The number of carbonyl (C=O) groups excluding carboxylic acids is 2. The van der Waals surface area contributed by atoms with Gasteiger partial charge < -0.3 is 15.0 Å². The minimum Gasteiger partial charge on any atom is -0.444 e. The van der Waals surface area contributed by atoms with Crippen LogP contribution >= 0.6 is 11.6 Å². The lowest BCUT2D eigenvalue weighted by Crippen LogP contribution is -2.41. The number of carbonyl (C=O) groups is 2. The Morgan fingerprint density at radius 3 is 2.65 bits per heavy atom. The average molecular weight is 263 g/mol. The summed E-state index contributed by atoms with van der Waals surface area (Å²) >= 11 is 5.47. The monoisotopic (exact) mass is 262 g/mol. The Hall–Kier alpha value is -0.970. The zero-order valence-corrected chi connectivity index (χ0v) is 11.2. The van der Waals surface area contributed by atoms with Gasteiger partial charge in [0.15, 0.2) is 0 Å². The summed E-state index contributed by atoms with van der Waals surface area (Å²) in [7, 11) is 0. The van der Waals surface area contributed by atoms with Gasteiger partial charge in [0.25, 0.3) is 0 Å². The number of nitrogens with one attached hydrogen (secondary N) is 1. The highest BCUT2D eigenvalue weighted by Crippen LogP contribution is 2.12. The zero-order chi connectivity index (χ0) is 13.1. The van der Waals surface area contributed by atoms with Crippen molar-refractivity contribution in [2.24, 2.45) is 0 Å². The van der Waals surface area contributed by atoms with Gasteiger partial charge in [0.05, 0.1) is 6.04 Å². The van der Waals surface area contributed by atoms with Crippen molar-refractivity contribution in [3.63, 3.8) is 0 Å². The predicted octanol–water partition coefficient (Wildman–Crippen LogP) is 1.35. The fourth-order valence-electron chi connectivity index (χ4n) is 1.66. The minimum atomic E-state index is -0.506. The molecule has 1 aliphatic heterocycles. The van der Waals surface area contributed by atoms with E-state index in [0.29, 0.717) is 13.1 Å². The molecule has 0 aromatic rings. The molecule has 0 unspecified atom stereocenters. The van der Waals surface area contributed by atoms with Crippen LogP contribution < -0.4 is 5.32 Å². The van der Waals surface area contributed by atoms with Crippen LogP contribution in [0.4, 0.5) is 4.79 Å². The molecule has 98 valence electrons. The molecule has 1 fully saturated rings. The fraction of sp³-hybridized carbons (Fsp3) is 0.818. The molecule has 2 amide bonds. The third-order valence-electron chi connectivity index (χ3n) is 2.38. The van der Waals surface area contributed by atoms with E-state index in [-0.39, 0.29) is 17.8 Å². The molecule has 1 aliphatic rings. The SMILES string of the molecule is CC(C)(C)OC(=O)N[C@H]1CCN(C(=O)CCl)C1. The molecule has 0 aliphatic carbocycles. The summed E-state index contributed by atoms with van der Waals surface area (Å²) in [6.07, 6.45) is 0.296. The van der Waals surface area contributed by atoms with Gasteiger partial charge in [0.2, 0.25) is 5.91 Å². The Labute approximate surface area is 106 Å². The van der Waals surface area contributed by atoms with E-state index >= 15 is 0 Å². The summed E-state index contributed by atoms with van der Waals surface area (Å²) in [4.78, 5) is 24.5. The van der Waals surface area contributed by atoms with Crippen LogP contribution in [0.5, 0.6) is 0 Å². The minimum absolute atomic E-state index is 0.0147. The highest BCUT2D eigenvalue weighted by molar-refractivity contribution is 6.27. The maximum Gasteiger partial charge on any atom is 0.407 e. The molecule has 1 saturated heterocycles. The van der Waals surface area contributed by atoms with Crippen molar-refractivity contribution < 1.29 is 14.3 Å². The Bertz CT molecular complexity index is 302. The number of likely N-dealkylation sites (tertiary alicyclic amines) is 1. The predicted molar refractivity (Wildman–Crippen MR) is 65.1 cm³/mol. The molecule has 17 heavy (non-hydrogen) atoms. The van der Waals surface area contributed by atoms with Crippen LogP contribution in [0.3, 0.4) is 0 Å². The zero-order valence-electron chi connectivity index (χ0n) is 10.5. The van der Waals surface area contributed by atoms with Gasteiger partial charge in [-0.1, -0.05) is 0 Å². The second-order valence-corrected chi connectivity index (χ2v) is 5.37. The lowest BCUT2D eigenvalue weighted by atomic mass is 10.2.